The lowest BCUT2D eigenvalue weighted by molar-refractivity contribution is 0.107. The molecule has 5 heteroatoms. The Labute approximate surface area is 127 Å². The summed E-state index contributed by atoms with van der Waals surface area (Å²) in [5, 5.41) is 10.6. The van der Waals surface area contributed by atoms with E-state index in [9.17, 15) is 9.50 Å². The minimum atomic E-state index is -0.728. The molecule has 112 valence electrons. The molecule has 0 aliphatic carbocycles. The summed E-state index contributed by atoms with van der Waals surface area (Å²) in [7, 11) is 1.41. The second-order valence-corrected chi connectivity index (χ2v) is 5.03. The van der Waals surface area contributed by atoms with E-state index in [0.717, 1.165) is 0 Å². The van der Waals surface area contributed by atoms with Crippen molar-refractivity contribution in [3.63, 3.8) is 0 Å². The van der Waals surface area contributed by atoms with Crippen molar-refractivity contribution in [3.8, 4) is 11.5 Å². The second kappa shape index (κ2) is 7.29. The van der Waals surface area contributed by atoms with Crippen molar-refractivity contribution in [1.82, 2.24) is 0 Å². The van der Waals surface area contributed by atoms with E-state index < -0.39 is 11.9 Å². The average Bonchev–Trinajstić information content (AvgIpc) is 2.47. The Morgan fingerprint density at radius 3 is 2.52 bits per heavy atom. The first-order valence-corrected chi connectivity index (χ1v) is 6.85. The summed E-state index contributed by atoms with van der Waals surface area (Å²) in [4.78, 5) is 0. The van der Waals surface area contributed by atoms with Crippen LogP contribution in [0.5, 0.6) is 11.5 Å². The van der Waals surface area contributed by atoms with Crippen LogP contribution in [0.15, 0.2) is 42.5 Å². The van der Waals surface area contributed by atoms with Gasteiger partial charge in [-0.05, 0) is 42.0 Å². The van der Waals surface area contributed by atoms with E-state index in [2.05, 4.69) is 0 Å². The maximum atomic E-state index is 13.5. The molecule has 21 heavy (non-hydrogen) atoms. The standard InChI is InChI=1S/C16H16ClFO3/c1-20-16-7-2-11(9-15(16)18)8-13(19)10-21-14-5-3-12(17)4-6-14/h2-7,9,13,19H,8,10H2,1H3. The van der Waals surface area contributed by atoms with Gasteiger partial charge in [0.25, 0.3) is 0 Å². The van der Waals surface area contributed by atoms with Crippen LogP contribution < -0.4 is 9.47 Å². The van der Waals surface area contributed by atoms with E-state index in [1.807, 2.05) is 0 Å². The van der Waals surface area contributed by atoms with Gasteiger partial charge in [-0.3, -0.25) is 0 Å². The van der Waals surface area contributed by atoms with Crippen molar-refractivity contribution >= 4 is 11.6 Å². The Morgan fingerprint density at radius 1 is 1.19 bits per heavy atom. The van der Waals surface area contributed by atoms with Crippen LogP contribution in [0.1, 0.15) is 5.56 Å². The highest BCUT2D eigenvalue weighted by molar-refractivity contribution is 6.30. The molecule has 1 unspecified atom stereocenters. The van der Waals surface area contributed by atoms with Crippen molar-refractivity contribution in [1.29, 1.82) is 0 Å². The van der Waals surface area contributed by atoms with Crippen LogP contribution in [-0.2, 0) is 6.42 Å². The summed E-state index contributed by atoms with van der Waals surface area (Å²) >= 11 is 5.77. The van der Waals surface area contributed by atoms with Gasteiger partial charge >= 0.3 is 0 Å². The molecular formula is C16H16ClFO3. The third kappa shape index (κ3) is 4.62. The summed E-state index contributed by atoms with van der Waals surface area (Å²) in [6.07, 6.45) is -0.428. The molecule has 0 fully saturated rings. The molecule has 3 nitrogen and oxygen atoms in total. The normalized spacial score (nSPS) is 12.0. The number of methoxy groups -OCH3 is 1. The van der Waals surface area contributed by atoms with Gasteiger partial charge in [-0.25, -0.2) is 4.39 Å². The maximum Gasteiger partial charge on any atom is 0.165 e. The lowest BCUT2D eigenvalue weighted by Gasteiger charge is -2.13. The lowest BCUT2D eigenvalue weighted by atomic mass is 10.1. The van der Waals surface area contributed by atoms with Gasteiger partial charge in [-0.1, -0.05) is 17.7 Å². The molecule has 0 amide bonds. The monoisotopic (exact) mass is 310 g/mol. The predicted octanol–water partition coefficient (Wildman–Crippen LogP) is 3.47. The van der Waals surface area contributed by atoms with Crippen LogP contribution in [-0.4, -0.2) is 24.9 Å². The molecule has 2 aromatic carbocycles. The van der Waals surface area contributed by atoms with Crippen molar-refractivity contribution in [2.75, 3.05) is 13.7 Å². The Bertz CT molecular complexity index is 587. The molecule has 0 heterocycles. The molecule has 0 saturated carbocycles. The third-order valence-electron chi connectivity index (χ3n) is 2.94. The van der Waals surface area contributed by atoms with Crippen LogP contribution in [0.4, 0.5) is 4.39 Å². The number of halogens is 2. The average molecular weight is 311 g/mol. The fourth-order valence-corrected chi connectivity index (χ4v) is 2.02. The van der Waals surface area contributed by atoms with Gasteiger partial charge in [-0.2, -0.15) is 0 Å². The molecule has 2 rings (SSSR count). The number of benzene rings is 2. The van der Waals surface area contributed by atoms with Crippen LogP contribution in [0, 0.1) is 5.82 Å². The largest absolute Gasteiger partial charge is 0.494 e. The van der Waals surface area contributed by atoms with E-state index in [4.69, 9.17) is 21.1 Å². The predicted molar refractivity (Wildman–Crippen MR) is 79.6 cm³/mol. The molecule has 0 aliphatic rings. The van der Waals surface area contributed by atoms with Crippen molar-refractivity contribution in [2.24, 2.45) is 0 Å². The van der Waals surface area contributed by atoms with Crippen molar-refractivity contribution < 1.29 is 19.0 Å². The molecule has 1 N–H and O–H groups in total. The van der Waals surface area contributed by atoms with Crippen LogP contribution in [0.25, 0.3) is 0 Å². The first-order valence-electron chi connectivity index (χ1n) is 6.47. The van der Waals surface area contributed by atoms with Gasteiger partial charge in [0.15, 0.2) is 11.6 Å². The maximum absolute atomic E-state index is 13.5. The minimum absolute atomic E-state index is 0.120. The Morgan fingerprint density at radius 2 is 1.90 bits per heavy atom. The van der Waals surface area contributed by atoms with Gasteiger partial charge in [-0.15, -0.1) is 0 Å². The SMILES string of the molecule is COc1ccc(CC(O)COc2ccc(Cl)cc2)cc1F. The van der Waals surface area contributed by atoms with Gasteiger partial charge in [0, 0.05) is 11.4 Å². The summed E-state index contributed by atoms with van der Waals surface area (Å²) in [5.74, 6) is 0.367. The minimum Gasteiger partial charge on any atom is -0.494 e. The molecule has 1 atom stereocenters. The highest BCUT2D eigenvalue weighted by Crippen LogP contribution is 2.19. The molecular weight excluding hydrogens is 295 g/mol. The quantitative estimate of drug-likeness (QED) is 0.888. The number of hydrogen-bond acceptors (Lipinski definition) is 3. The highest BCUT2D eigenvalue weighted by Gasteiger charge is 2.10. The number of aliphatic hydroxyl groups excluding tert-OH is 1. The fraction of sp³-hybridized carbons (Fsp3) is 0.250. The van der Waals surface area contributed by atoms with Gasteiger partial charge in [0.2, 0.25) is 0 Å². The van der Waals surface area contributed by atoms with Crippen LogP contribution in [0.3, 0.4) is 0 Å². The Kier molecular flexibility index (Phi) is 5.42. The zero-order valence-electron chi connectivity index (χ0n) is 11.6. The number of ether oxygens (including phenoxy) is 2. The number of hydrogen-bond donors (Lipinski definition) is 1. The van der Waals surface area contributed by atoms with E-state index in [1.165, 1.54) is 19.2 Å². The van der Waals surface area contributed by atoms with Crippen LogP contribution >= 0.6 is 11.6 Å². The zero-order chi connectivity index (χ0) is 15.2. The summed E-state index contributed by atoms with van der Waals surface area (Å²) < 4.78 is 23.8. The third-order valence-corrected chi connectivity index (χ3v) is 3.20. The zero-order valence-corrected chi connectivity index (χ0v) is 12.3. The van der Waals surface area contributed by atoms with E-state index in [0.29, 0.717) is 22.8 Å². The first-order chi connectivity index (χ1) is 10.1. The lowest BCUT2D eigenvalue weighted by Crippen LogP contribution is -2.20. The second-order valence-electron chi connectivity index (χ2n) is 4.59. The van der Waals surface area contributed by atoms with E-state index >= 15 is 0 Å². The first kappa shape index (κ1) is 15.6. The van der Waals surface area contributed by atoms with Crippen molar-refractivity contribution in [3.05, 3.63) is 58.9 Å². The molecule has 0 saturated heterocycles. The van der Waals surface area contributed by atoms with E-state index in [-0.39, 0.29) is 12.4 Å². The molecule has 0 radical (unpaired) electrons. The van der Waals surface area contributed by atoms with E-state index in [1.54, 1.807) is 30.3 Å². The smallest absolute Gasteiger partial charge is 0.165 e. The molecule has 0 aliphatic heterocycles. The molecule has 0 bridgehead atoms. The van der Waals surface area contributed by atoms with Crippen molar-refractivity contribution in [2.45, 2.75) is 12.5 Å². The Balaban J connectivity index is 1.88. The number of aliphatic hydroxyl groups is 1. The molecule has 0 spiro atoms. The topological polar surface area (TPSA) is 38.7 Å². The summed E-state index contributed by atoms with van der Waals surface area (Å²) in [6.45, 7) is 0.120. The molecule has 0 aromatic heterocycles. The summed E-state index contributed by atoms with van der Waals surface area (Å²) in [6, 6.07) is 11.5. The highest BCUT2D eigenvalue weighted by atomic mass is 35.5. The van der Waals surface area contributed by atoms with Gasteiger partial charge < -0.3 is 14.6 Å². The Hall–Kier alpha value is -1.78. The summed E-state index contributed by atoms with van der Waals surface area (Å²) in [5.41, 5.74) is 0.681. The number of rotatable bonds is 6. The molecule has 2 aromatic rings. The fourth-order valence-electron chi connectivity index (χ4n) is 1.89. The van der Waals surface area contributed by atoms with Gasteiger partial charge in [0.05, 0.1) is 13.2 Å². The van der Waals surface area contributed by atoms with Gasteiger partial charge in [0.1, 0.15) is 12.4 Å². The van der Waals surface area contributed by atoms with Crippen LogP contribution in [0.2, 0.25) is 5.02 Å².